The van der Waals surface area contributed by atoms with Gasteiger partial charge in [-0.25, -0.2) is 4.39 Å². The Kier molecular flexibility index (Phi) is 5.55. The van der Waals surface area contributed by atoms with Gasteiger partial charge in [0.2, 0.25) is 0 Å². The summed E-state index contributed by atoms with van der Waals surface area (Å²) in [6.45, 7) is 1.21. The number of halogens is 2. The summed E-state index contributed by atoms with van der Waals surface area (Å²) in [7, 11) is 0. The van der Waals surface area contributed by atoms with Crippen LogP contribution in [0.5, 0.6) is 5.75 Å². The van der Waals surface area contributed by atoms with Crippen molar-refractivity contribution in [1.82, 2.24) is 0 Å². The molecule has 0 saturated carbocycles. The number of nitrogens with zero attached hydrogens (tertiary/aromatic N) is 1. The normalized spacial score (nSPS) is 17.3. The number of rotatable bonds is 2. The molecule has 1 aromatic carbocycles. The van der Waals surface area contributed by atoms with Gasteiger partial charge in [-0.2, -0.15) is 5.26 Å². The summed E-state index contributed by atoms with van der Waals surface area (Å²) < 4.78 is 18.6. The Morgan fingerprint density at radius 2 is 2.05 bits per heavy atom. The Bertz CT molecular complexity index is 484. The fourth-order valence-electron chi connectivity index (χ4n) is 2.33. The average Bonchev–Trinajstić information content (AvgIpc) is 2.42. The Labute approximate surface area is 117 Å². The SMILES string of the molecule is Cl.N#Cc1ccc(F)c(O)c1[C@H](N)C1CCOCC1. The van der Waals surface area contributed by atoms with Crippen LogP contribution < -0.4 is 5.73 Å². The molecule has 0 aliphatic carbocycles. The molecule has 2 rings (SSSR count). The highest BCUT2D eigenvalue weighted by Gasteiger charge is 2.27. The van der Waals surface area contributed by atoms with Crippen molar-refractivity contribution in [2.75, 3.05) is 13.2 Å². The zero-order valence-electron chi connectivity index (χ0n) is 10.3. The number of phenols is 1. The number of nitrogens with two attached hydrogens (primary N) is 1. The molecule has 1 saturated heterocycles. The fraction of sp³-hybridized carbons (Fsp3) is 0.462. The molecular formula is C13H16ClFN2O2. The summed E-state index contributed by atoms with van der Waals surface area (Å²) in [6.07, 6.45) is 1.50. The van der Waals surface area contributed by atoms with Crippen LogP contribution in [0.15, 0.2) is 12.1 Å². The Morgan fingerprint density at radius 1 is 1.42 bits per heavy atom. The van der Waals surface area contributed by atoms with Gasteiger partial charge >= 0.3 is 0 Å². The summed E-state index contributed by atoms with van der Waals surface area (Å²) >= 11 is 0. The van der Waals surface area contributed by atoms with Crippen molar-refractivity contribution >= 4 is 12.4 Å². The molecule has 0 aromatic heterocycles. The zero-order valence-corrected chi connectivity index (χ0v) is 11.1. The number of ether oxygens (including phenoxy) is 1. The van der Waals surface area contributed by atoms with E-state index in [4.69, 9.17) is 15.7 Å². The fourth-order valence-corrected chi connectivity index (χ4v) is 2.33. The number of nitriles is 1. The van der Waals surface area contributed by atoms with Crippen molar-refractivity contribution < 1.29 is 14.2 Å². The molecule has 3 N–H and O–H groups in total. The highest BCUT2D eigenvalue weighted by Crippen LogP contribution is 2.36. The maximum Gasteiger partial charge on any atom is 0.165 e. The van der Waals surface area contributed by atoms with Gasteiger partial charge in [-0.1, -0.05) is 0 Å². The average molecular weight is 287 g/mol. The molecule has 1 atom stereocenters. The van der Waals surface area contributed by atoms with Gasteiger partial charge in [-0.3, -0.25) is 0 Å². The van der Waals surface area contributed by atoms with Crippen LogP contribution in [0.1, 0.15) is 30.0 Å². The predicted molar refractivity (Wildman–Crippen MR) is 70.5 cm³/mol. The quantitative estimate of drug-likeness (QED) is 0.874. The minimum absolute atomic E-state index is 0. The van der Waals surface area contributed by atoms with Crippen molar-refractivity contribution in [1.29, 1.82) is 5.26 Å². The van der Waals surface area contributed by atoms with Gasteiger partial charge in [-0.05, 0) is 30.9 Å². The molecular weight excluding hydrogens is 271 g/mol. The van der Waals surface area contributed by atoms with Crippen LogP contribution in [0.3, 0.4) is 0 Å². The standard InChI is InChI=1S/C13H15FN2O2.ClH/c14-10-2-1-9(7-15)11(13(10)17)12(16)8-3-5-18-6-4-8;/h1-2,8,12,17H,3-6,16H2;1H/t12-;/m1./s1. The molecule has 104 valence electrons. The monoisotopic (exact) mass is 286 g/mol. The Hall–Kier alpha value is -1.35. The molecule has 4 nitrogen and oxygen atoms in total. The maximum absolute atomic E-state index is 13.4. The van der Waals surface area contributed by atoms with Crippen LogP contribution in [0.4, 0.5) is 4.39 Å². The van der Waals surface area contributed by atoms with Gasteiger partial charge < -0.3 is 15.6 Å². The number of phenolic OH excluding ortho intramolecular Hbond substituents is 1. The predicted octanol–water partition coefficient (Wildman–Crippen LogP) is 2.25. The molecule has 0 radical (unpaired) electrons. The summed E-state index contributed by atoms with van der Waals surface area (Å²) in [6, 6.07) is 3.83. The minimum Gasteiger partial charge on any atom is -0.505 e. The van der Waals surface area contributed by atoms with Crippen molar-refractivity contribution in [3.63, 3.8) is 0 Å². The first-order valence-corrected chi connectivity index (χ1v) is 5.90. The van der Waals surface area contributed by atoms with Crippen molar-refractivity contribution in [3.8, 4) is 11.8 Å². The lowest BCUT2D eigenvalue weighted by Gasteiger charge is -2.28. The van der Waals surface area contributed by atoms with E-state index < -0.39 is 17.6 Å². The van der Waals surface area contributed by atoms with E-state index in [1.165, 1.54) is 6.07 Å². The lowest BCUT2D eigenvalue weighted by Crippen LogP contribution is -2.28. The molecule has 1 aliphatic rings. The highest BCUT2D eigenvalue weighted by atomic mass is 35.5. The van der Waals surface area contributed by atoms with Crippen LogP contribution in [-0.4, -0.2) is 18.3 Å². The van der Waals surface area contributed by atoms with Gasteiger partial charge in [0, 0.05) is 24.8 Å². The highest BCUT2D eigenvalue weighted by molar-refractivity contribution is 5.85. The number of hydrogen-bond acceptors (Lipinski definition) is 4. The zero-order chi connectivity index (χ0) is 13.1. The first-order chi connectivity index (χ1) is 8.65. The third-order valence-corrected chi connectivity index (χ3v) is 3.40. The topological polar surface area (TPSA) is 79.3 Å². The molecule has 1 aliphatic heterocycles. The first kappa shape index (κ1) is 15.7. The second-order valence-electron chi connectivity index (χ2n) is 4.44. The van der Waals surface area contributed by atoms with Gasteiger partial charge in [-0.15, -0.1) is 12.4 Å². The van der Waals surface area contributed by atoms with E-state index in [9.17, 15) is 9.50 Å². The number of hydrogen-bond donors (Lipinski definition) is 2. The molecule has 6 heteroatoms. The van der Waals surface area contributed by atoms with Crippen LogP contribution >= 0.6 is 12.4 Å². The second-order valence-corrected chi connectivity index (χ2v) is 4.44. The van der Waals surface area contributed by atoms with Gasteiger partial charge in [0.1, 0.15) is 0 Å². The van der Waals surface area contributed by atoms with Gasteiger partial charge in [0.05, 0.1) is 11.6 Å². The van der Waals surface area contributed by atoms with Crippen molar-refractivity contribution in [3.05, 3.63) is 29.1 Å². The smallest absolute Gasteiger partial charge is 0.165 e. The van der Waals surface area contributed by atoms with Crippen LogP contribution in [-0.2, 0) is 4.74 Å². The summed E-state index contributed by atoms with van der Waals surface area (Å²) in [5.74, 6) is -1.15. The first-order valence-electron chi connectivity index (χ1n) is 5.90. The molecule has 1 aromatic rings. The van der Waals surface area contributed by atoms with E-state index in [0.717, 1.165) is 18.9 Å². The molecule has 0 spiro atoms. The van der Waals surface area contributed by atoms with E-state index in [1.807, 2.05) is 6.07 Å². The number of benzene rings is 1. The van der Waals surface area contributed by atoms with Crippen molar-refractivity contribution in [2.24, 2.45) is 11.7 Å². The molecule has 0 bridgehead atoms. The van der Waals surface area contributed by atoms with Crippen molar-refractivity contribution in [2.45, 2.75) is 18.9 Å². The molecule has 19 heavy (non-hydrogen) atoms. The summed E-state index contributed by atoms with van der Waals surface area (Å²) in [4.78, 5) is 0. The molecule has 1 fully saturated rings. The Balaban J connectivity index is 0.00000180. The molecule has 1 heterocycles. The molecule has 0 amide bonds. The summed E-state index contributed by atoms with van der Waals surface area (Å²) in [5, 5.41) is 18.8. The van der Waals surface area contributed by atoms with E-state index in [0.29, 0.717) is 13.2 Å². The lowest BCUT2D eigenvalue weighted by atomic mass is 9.85. The van der Waals surface area contributed by atoms with Crippen LogP contribution in [0.2, 0.25) is 0 Å². The second kappa shape index (κ2) is 6.71. The van der Waals surface area contributed by atoms with Gasteiger partial charge in [0.15, 0.2) is 11.6 Å². The van der Waals surface area contributed by atoms with Gasteiger partial charge in [0.25, 0.3) is 0 Å². The summed E-state index contributed by atoms with van der Waals surface area (Å²) in [5.41, 5.74) is 6.52. The van der Waals surface area contributed by atoms with E-state index >= 15 is 0 Å². The largest absolute Gasteiger partial charge is 0.505 e. The maximum atomic E-state index is 13.4. The van der Waals surface area contributed by atoms with E-state index in [2.05, 4.69) is 0 Å². The Morgan fingerprint density at radius 3 is 2.63 bits per heavy atom. The van der Waals surface area contributed by atoms with Crippen LogP contribution in [0, 0.1) is 23.1 Å². The van der Waals surface area contributed by atoms with E-state index in [-0.39, 0.29) is 29.5 Å². The number of aromatic hydroxyl groups is 1. The van der Waals surface area contributed by atoms with E-state index in [1.54, 1.807) is 0 Å². The van der Waals surface area contributed by atoms with Crippen LogP contribution in [0.25, 0.3) is 0 Å². The lowest BCUT2D eigenvalue weighted by molar-refractivity contribution is 0.0580. The minimum atomic E-state index is -0.744. The third-order valence-electron chi connectivity index (χ3n) is 3.40. The third kappa shape index (κ3) is 3.16. The molecule has 0 unspecified atom stereocenters.